The number of halogens is 3. The molecule has 2 aromatic carbocycles. The van der Waals surface area contributed by atoms with Crippen molar-refractivity contribution in [3.8, 4) is 5.75 Å². The maximum atomic E-state index is 12.6. The molecule has 0 aliphatic carbocycles. The fourth-order valence-corrected chi connectivity index (χ4v) is 4.07. The number of hydrogen-bond acceptors (Lipinski definition) is 5. The van der Waals surface area contributed by atoms with Crippen molar-refractivity contribution in [2.45, 2.75) is 6.54 Å². The van der Waals surface area contributed by atoms with Crippen molar-refractivity contribution < 1.29 is 24.2 Å². The number of aliphatic carboxylic acids is 1. The lowest BCUT2D eigenvalue weighted by Crippen LogP contribution is -2.27. The normalized spacial score (nSPS) is 15.3. The lowest BCUT2D eigenvalue weighted by molar-refractivity contribution is -0.139. The Morgan fingerprint density at radius 2 is 1.72 bits per heavy atom. The number of imide groups is 1. The van der Waals surface area contributed by atoms with Crippen LogP contribution in [0.5, 0.6) is 5.75 Å². The molecule has 0 saturated carbocycles. The van der Waals surface area contributed by atoms with E-state index in [-0.39, 0.29) is 27.2 Å². The number of carbonyl (C=O) groups is 3. The molecule has 1 aliphatic rings. The number of carboxylic acids is 1. The highest BCUT2D eigenvalue weighted by molar-refractivity contribution is 8.18. The zero-order valence-electron chi connectivity index (χ0n) is 14.5. The van der Waals surface area contributed by atoms with Gasteiger partial charge in [0.25, 0.3) is 11.1 Å². The van der Waals surface area contributed by atoms with Crippen molar-refractivity contribution in [1.29, 1.82) is 0 Å². The third kappa shape index (κ3) is 5.25. The van der Waals surface area contributed by atoms with E-state index in [2.05, 4.69) is 0 Å². The number of carbonyl (C=O) groups excluding carboxylic acids is 2. The minimum atomic E-state index is -1.17. The molecule has 150 valence electrons. The monoisotopic (exact) mass is 471 g/mol. The van der Waals surface area contributed by atoms with Gasteiger partial charge in [-0.1, -0.05) is 46.9 Å². The zero-order valence-corrected chi connectivity index (χ0v) is 17.6. The molecule has 0 radical (unpaired) electrons. The van der Waals surface area contributed by atoms with Gasteiger partial charge in [0.2, 0.25) is 0 Å². The Labute approximate surface area is 185 Å². The highest BCUT2D eigenvalue weighted by atomic mass is 35.5. The van der Waals surface area contributed by atoms with Crippen molar-refractivity contribution in [2.75, 3.05) is 6.61 Å². The minimum Gasteiger partial charge on any atom is -0.479 e. The molecule has 3 rings (SSSR count). The first-order chi connectivity index (χ1) is 13.7. The van der Waals surface area contributed by atoms with Crippen molar-refractivity contribution in [3.63, 3.8) is 0 Å². The molecule has 1 fully saturated rings. The summed E-state index contributed by atoms with van der Waals surface area (Å²) < 4.78 is 5.06. The first-order valence-electron chi connectivity index (χ1n) is 8.08. The summed E-state index contributed by atoms with van der Waals surface area (Å²) in [5.41, 5.74) is 1.24. The molecule has 0 bridgehead atoms. The Kier molecular flexibility index (Phi) is 6.74. The fraction of sp³-hybridized carbons (Fsp3) is 0.105. The predicted octanol–water partition coefficient (Wildman–Crippen LogP) is 5.35. The molecule has 0 spiro atoms. The van der Waals surface area contributed by atoms with Gasteiger partial charge < -0.3 is 9.84 Å². The SMILES string of the molecule is O=C(O)COc1c(Cl)cc(/C=C2\SC(=O)N(Cc3ccc(Cl)cc3)C2=O)cc1Cl. The van der Waals surface area contributed by atoms with Gasteiger partial charge in [-0.25, -0.2) is 4.79 Å². The van der Waals surface area contributed by atoms with Crippen molar-refractivity contribution in [1.82, 2.24) is 4.90 Å². The highest BCUT2D eigenvalue weighted by Crippen LogP contribution is 2.37. The summed E-state index contributed by atoms with van der Waals surface area (Å²) in [5, 5.41) is 9.04. The molecule has 1 saturated heterocycles. The second kappa shape index (κ2) is 9.09. The summed E-state index contributed by atoms with van der Waals surface area (Å²) in [6.45, 7) is -0.467. The quantitative estimate of drug-likeness (QED) is 0.571. The Bertz CT molecular complexity index is 1000. The topological polar surface area (TPSA) is 83.9 Å². The van der Waals surface area contributed by atoms with Gasteiger partial charge in [-0.3, -0.25) is 14.5 Å². The Hall–Kier alpha value is -2.19. The number of rotatable bonds is 6. The molecule has 2 aromatic rings. The fourth-order valence-electron chi connectivity index (χ4n) is 2.49. The highest BCUT2D eigenvalue weighted by Gasteiger charge is 2.35. The predicted molar refractivity (Wildman–Crippen MR) is 113 cm³/mol. The number of hydrogen-bond donors (Lipinski definition) is 1. The van der Waals surface area contributed by atoms with Crippen LogP contribution in [-0.2, 0) is 16.1 Å². The van der Waals surface area contributed by atoms with E-state index in [1.807, 2.05) is 0 Å². The maximum absolute atomic E-state index is 12.6. The smallest absolute Gasteiger partial charge is 0.341 e. The molecule has 1 aliphatic heterocycles. The number of benzene rings is 2. The van der Waals surface area contributed by atoms with E-state index in [0.717, 1.165) is 22.2 Å². The van der Waals surface area contributed by atoms with Crippen molar-refractivity contribution in [3.05, 3.63) is 67.5 Å². The van der Waals surface area contributed by atoms with Gasteiger partial charge in [0.05, 0.1) is 21.5 Å². The van der Waals surface area contributed by atoms with Crippen LogP contribution >= 0.6 is 46.6 Å². The first-order valence-corrected chi connectivity index (χ1v) is 10.0. The van der Waals surface area contributed by atoms with Crippen molar-refractivity contribution >= 4 is 69.8 Å². The average Bonchev–Trinajstić information content (AvgIpc) is 2.90. The maximum Gasteiger partial charge on any atom is 0.341 e. The molecule has 0 unspecified atom stereocenters. The number of thioether (sulfide) groups is 1. The molecule has 1 N–H and O–H groups in total. The summed E-state index contributed by atoms with van der Waals surface area (Å²) in [4.78, 5) is 36.9. The van der Waals surface area contributed by atoms with Gasteiger partial charge in [0.15, 0.2) is 12.4 Å². The van der Waals surface area contributed by atoms with Crippen LogP contribution in [0.4, 0.5) is 4.79 Å². The molecular formula is C19H12Cl3NO5S. The molecule has 0 atom stereocenters. The summed E-state index contributed by atoms with van der Waals surface area (Å²) in [6.07, 6.45) is 1.49. The van der Waals surface area contributed by atoms with Gasteiger partial charge in [-0.2, -0.15) is 0 Å². The van der Waals surface area contributed by atoms with Crippen LogP contribution in [0.15, 0.2) is 41.3 Å². The summed E-state index contributed by atoms with van der Waals surface area (Å²) in [6, 6.07) is 9.79. The van der Waals surface area contributed by atoms with Gasteiger partial charge in [-0.05, 0) is 53.2 Å². The number of amides is 2. The Balaban J connectivity index is 1.80. The van der Waals surface area contributed by atoms with Crippen LogP contribution in [0.2, 0.25) is 15.1 Å². The molecule has 1 heterocycles. The van der Waals surface area contributed by atoms with E-state index in [0.29, 0.717) is 10.6 Å². The van der Waals surface area contributed by atoms with Crippen LogP contribution in [0, 0.1) is 0 Å². The minimum absolute atomic E-state index is 0.0312. The third-order valence-corrected chi connectivity index (χ3v) is 5.51. The van der Waals surface area contributed by atoms with E-state index >= 15 is 0 Å². The average molecular weight is 473 g/mol. The molecule has 0 aromatic heterocycles. The number of carboxylic acid groups (broad SMARTS) is 1. The van der Waals surface area contributed by atoms with E-state index < -0.39 is 23.7 Å². The van der Waals surface area contributed by atoms with Crippen LogP contribution < -0.4 is 4.74 Å². The molecule has 6 nitrogen and oxygen atoms in total. The molecule has 10 heteroatoms. The van der Waals surface area contributed by atoms with Crippen LogP contribution in [0.1, 0.15) is 11.1 Å². The van der Waals surface area contributed by atoms with Crippen molar-refractivity contribution in [2.24, 2.45) is 0 Å². The van der Waals surface area contributed by atoms with E-state index in [4.69, 9.17) is 44.6 Å². The van der Waals surface area contributed by atoms with E-state index in [9.17, 15) is 14.4 Å². The van der Waals surface area contributed by atoms with Gasteiger partial charge in [-0.15, -0.1) is 0 Å². The largest absolute Gasteiger partial charge is 0.479 e. The van der Waals surface area contributed by atoms with Gasteiger partial charge in [0, 0.05) is 5.02 Å². The molecule has 29 heavy (non-hydrogen) atoms. The number of nitrogens with zero attached hydrogens (tertiary/aromatic N) is 1. The lowest BCUT2D eigenvalue weighted by atomic mass is 10.2. The van der Waals surface area contributed by atoms with Crippen LogP contribution in [-0.4, -0.2) is 33.7 Å². The number of ether oxygens (including phenoxy) is 1. The lowest BCUT2D eigenvalue weighted by Gasteiger charge is -2.12. The zero-order chi connectivity index (χ0) is 21.1. The van der Waals surface area contributed by atoms with Crippen LogP contribution in [0.25, 0.3) is 6.08 Å². The van der Waals surface area contributed by atoms with Gasteiger partial charge >= 0.3 is 5.97 Å². The standard InChI is InChI=1S/C19H12Cl3NO5S/c20-12-3-1-10(2-4-12)8-23-18(26)15(29-19(23)27)7-11-5-13(21)17(14(22)6-11)28-9-16(24)25/h1-7H,8-9H2,(H,24,25)/b15-7-. The van der Waals surface area contributed by atoms with E-state index in [1.165, 1.54) is 18.2 Å². The molecule has 2 amide bonds. The van der Waals surface area contributed by atoms with Crippen LogP contribution in [0.3, 0.4) is 0 Å². The first kappa shape index (κ1) is 21.5. The second-order valence-corrected chi connectivity index (χ2v) is 8.13. The summed E-state index contributed by atoms with van der Waals surface area (Å²) in [5.74, 6) is -1.58. The Morgan fingerprint density at radius 3 is 2.31 bits per heavy atom. The summed E-state index contributed by atoms with van der Waals surface area (Å²) >= 11 is 18.9. The Morgan fingerprint density at radius 1 is 1.10 bits per heavy atom. The molecular weight excluding hydrogens is 461 g/mol. The third-order valence-electron chi connectivity index (χ3n) is 3.79. The second-order valence-electron chi connectivity index (χ2n) is 5.89. The van der Waals surface area contributed by atoms with Gasteiger partial charge in [0.1, 0.15) is 0 Å². The summed E-state index contributed by atoms with van der Waals surface area (Å²) in [7, 11) is 0. The van der Waals surface area contributed by atoms with E-state index in [1.54, 1.807) is 24.3 Å².